The third-order valence-electron chi connectivity index (χ3n) is 4.05. The van der Waals surface area contributed by atoms with E-state index in [-0.39, 0.29) is 5.91 Å². The van der Waals surface area contributed by atoms with Gasteiger partial charge in [-0.2, -0.15) is 0 Å². The van der Waals surface area contributed by atoms with Crippen LogP contribution in [0.2, 0.25) is 0 Å². The number of hydrogen-bond acceptors (Lipinski definition) is 4. The molecule has 4 rings (SSSR count). The second kappa shape index (κ2) is 6.68. The van der Waals surface area contributed by atoms with E-state index in [9.17, 15) is 4.79 Å². The lowest BCUT2D eigenvalue weighted by molar-refractivity contribution is 0.102. The number of aryl methyl sites for hydroxylation is 1. The third kappa shape index (κ3) is 3.25. The molecule has 26 heavy (non-hydrogen) atoms. The second-order valence-corrected chi connectivity index (χ2v) is 5.91. The van der Waals surface area contributed by atoms with Crippen LogP contribution in [0.25, 0.3) is 5.65 Å². The van der Waals surface area contributed by atoms with Crippen molar-refractivity contribution in [1.82, 2.24) is 14.6 Å². The van der Waals surface area contributed by atoms with Crippen molar-refractivity contribution in [3.63, 3.8) is 0 Å². The molecule has 1 amide bonds. The Kier molecular flexibility index (Phi) is 4.07. The van der Waals surface area contributed by atoms with Gasteiger partial charge in [-0.05, 0) is 55.5 Å². The minimum absolute atomic E-state index is 0.183. The lowest BCUT2D eigenvalue weighted by Gasteiger charge is -2.09. The smallest absolute Gasteiger partial charge is 0.255 e. The monoisotopic (exact) mass is 343 g/mol. The first-order valence-electron chi connectivity index (χ1n) is 8.24. The highest BCUT2D eigenvalue weighted by atomic mass is 16.1. The van der Waals surface area contributed by atoms with Crippen molar-refractivity contribution >= 4 is 28.6 Å². The number of benzene rings is 2. The maximum atomic E-state index is 12.5. The van der Waals surface area contributed by atoms with E-state index in [1.165, 1.54) is 0 Å². The highest BCUT2D eigenvalue weighted by molar-refractivity contribution is 6.04. The van der Waals surface area contributed by atoms with Gasteiger partial charge in [0.05, 0.1) is 0 Å². The molecule has 2 heterocycles. The quantitative estimate of drug-likeness (QED) is 0.587. The molecule has 0 fully saturated rings. The van der Waals surface area contributed by atoms with E-state index in [1.54, 1.807) is 18.3 Å². The molecule has 0 saturated carbocycles. The summed E-state index contributed by atoms with van der Waals surface area (Å²) in [5, 5.41) is 14.2. The van der Waals surface area contributed by atoms with Crippen LogP contribution in [0.15, 0.2) is 72.9 Å². The Morgan fingerprint density at radius 3 is 2.35 bits per heavy atom. The summed E-state index contributed by atoms with van der Waals surface area (Å²) in [5.41, 5.74) is 3.89. The molecule has 0 spiro atoms. The molecule has 0 aliphatic rings. The zero-order chi connectivity index (χ0) is 17.9. The number of amides is 1. The first-order chi connectivity index (χ1) is 12.7. The summed E-state index contributed by atoms with van der Waals surface area (Å²) in [6.45, 7) is 1.87. The first-order valence-corrected chi connectivity index (χ1v) is 8.24. The second-order valence-electron chi connectivity index (χ2n) is 5.91. The molecule has 0 bridgehead atoms. The average Bonchev–Trinajstić information content (AvgIpc) is 3.04. The predicted octanol–water partition coefficient (Wildman–Crippen LogP) is 4.03. The van der Waals surface area contributed by atoms with Crippen molar-refractivity contribution in [3.8, 4) is 0 Å². The Balaban J connectivity index is 1.46. The van der Waals surface area contributed by atoms with Crippen molar-refractivity contribution in [2.24, 2.45) is 0 Å². The summed E-state index contributed by atoms with van der Waals surface area (Å²) < 4.78 is 1.83. The molecule has 6 nitrogen and oxygen atoms in total. The molecular weight excluding hydrogens is 326 g/mol. The summed E-state index contributed by atoms with van der Waals surface area (Å²) in [7, 11) is 0. The van der Waals surface area contributed by atoms with E-state index < -0.39 is 0 Å². The molecule has 0 radical (unpaired) electrons. The highest BCUT2D eigenvalue weighted by Gasteiger charge is 2.09. The Hall–Kier alpha value is -3.67. The van der Waals surface area contributed by atoms with Crippen LogP contribution in [0.4, 0.5) is 17.1 Å². The number of fused-ring (bicyclic) bond motifs is 1. The number of nitrogens with one attached hydrogen (secondary N) is 2. The normalized spacial score (nSPS) is 10.7. The van der Waals surface area contributed by atoms with Crippen LogP contribution in [0.3, 0.4) is 0 Å². The molecule has 0 atom stereocenters. The average molecular weight is 343 g/mol. The minimum atomic E-state index is -0.183. The fourth-order valence-electron chi connectivity index (χ4n) is 2.68. The van der Waals surface area contributed by atoms with Gasteiger partial charge in [-0.25, -0.2) is 0 Å². The number of pyridine rings is 1. The van der Waals surface area contributed by atoms with Gasteiger partial charge in [0.1, 0.15) is 5.82 Å². The van der Waals surface area contributed by atoms with E-state index in [0.717, 1.165) is 22.9 Å². The van der Waals surface area contributed by atoms with Gasteiger partial charge in [-0.3, -0.25) is 9.20 Å². The van der Waals surface area contributed by atoms with E-state index in [4.69, 9.17) is 0 Å². The van der Waals surface area contributed by atoms with Crippen LogP contribution < -0.4 is 10.6 Å². The largest absolute Gasteiger partial charge is 0.356 e. The number of carbonyl (C=O) groups excluding carboxylic acids is 1. The van der Waals surface area contributed by atoms with Crippen molar-refractivity contribution in [2.75, 3.05) is 10.6 Å². The van der Waals surface area contributed by atoms with E-state index in [2.05, 4.69) is 20.8 Å². The van der Waals surface area contributed by atoms with Gasteiger partial charge >= 0.3 is 0 Å². The van der Waals surface area contributed by atoms with Crippen molar-refractivity contribution < 1.29 is 4.79 Å². The molecule has 4 aromatic rings. The fourth-order valence-corrected chi connectivity index (χ4v) is 2.68. The Morgan fingerprint density at radius 1 is 0.885 bits per heavy atom. The number of anilines is 3. The molecular formula is C20H17N5O. The summed E-state index contributed by atoms with van der Waals surface area (Å²) >= 11 is 0. The van der Waals surface area contributed by atoms with Gasteiger partial charge in [0.2, 0.25) is 0 Å². The van der Waals surface area contributed by atoms with Gasteiger partial charge in [-0.1, -0.05) is 18.2 Å². The fraction of sp³-hybridized carbons (Fsp3) is 0.0500. The lowest BCUT2D eigenvalue weighted by Crippen LogP contribution is -2.12. The molecule has 0 unspecified atom stereocenters. The van der Waals surface area contributed by atoms with Crippen LogP contribution in [-0.2, 0) is 0 Å². The topological polar surface area (TPSA) is 71.3 Å². The number of nitrogens with zero attached hydrogens (tertiary/aromatic N) is 3. The van der Waals surface area contributed by atoms with Crippen molar-refractivity contribution in [2.45, 2.75) is 6.92 Å². The van der Waals surface area contributed by atoms with Crippen molar-refractivity contribution in [1.29, 1.82) is 0 Å². The Bertz CT molecular complexity index is 1050. The molecule has 0 saturated heterocycles. The number of hydrogen-bond donors (Lipinski definition) is 2. The van der Waals surface area contributed by atoms with Crippen LogP contribution in [-0.4, -0.2) is 20.5 Å². The SMILES string of the molecule is Cc1nnc2cc(C(=O)Nc3ccc(Nc4ccccc4)cc3)ccn12. The molecule has 2 N–H and O–H groups in total. The summed E-state index contributed by atoms with van der Waals surface area (Å²) in [6.07, 6.45) is 1.80. The number of carbonyl (C=O) groups is 1. The highest BCUT2D eigenvalue weighted by Crippen LogP contribution is 2.19. The van der Waals surface area contributed by atoms with Crippen LogP contribution in [0.1, 0.15) is 16.2 Å². The summed E-state index contributed by atoms with van der Waals surface area (Å²) in [6, 6.07) is 21.0. The molecule has 2 aromatic heterocycles. The van der Waals surface area contributed by atoms with E-state index in [0.29, 0.717) is 11.2 Å². The summed E-state index contributed by atoms with van der Waals surface area (Å²) in [5.74, 6) is 0.602. The first kappa shape index (κ1) is 15.8. The van der Waals surface area contributed by atoms with Gasteiger partial charge in [0, 0.05) is 28.8 Å². The van der Waals surface area contributed by atoms with Crippen LogP contribution in [0.5, 0.6) is 0 Å². The molecule has 0 aliphatic carbocycles. The van der Waals surface area contributed by atoms with Gasteiger partial charge in [0.25, 0.3) is 5.91 Å². The number of para-hydroxylation sites is 1. The van der Waals surface area contributed by atoms with Crippen LogP contribution in [0, 0.1) is 6.92 Å². The Morgan fingerprint density at radius 2 is 1.58 bits per heavy atom. The zero-order valence-corrected chi connectivity index (χ0v) is 14.2. The molecule has 6 heteroatoms. The third-order valence-corrected chi connectivity index (χ3v) is 4.05. The van der Waals surface area contributed by atoms with Crippen molar-refractivity contribution in [3.05, 3.63) is 84.3 Å². The van der Waals surface area contributed by atoms with E-state index in [1.807, 2.05) is 65.9 Å². The maximum absolute atomic E-state index is 12.5. The molecule has 128 valence electrons. The van der Waals surface area contributed by atoms with Gasteiger partial charge in [-0.15, -0.1) is 10.2 Å². The Labute approximate surface area is 150 Å². The van der Waals surface area contributed by atoms with Gasteiger partial charge < -0.3 is 10.6 Å². The molecule has 2 aromatic carbocycles. The van der Waals surface area contributed by atoms with Crippen LogP contribution >= 0.6 is 0 Å². The lowest BCUT2D eigenvalue weighted by atomic mass is 10.2. The number of aromatic nitrogens is 3. The standard InChI is InChI=1S/C20H17N5O/c1-14-23-24-19-13-15(11-12-25(14)19)20(26)22-18-9-7-17(8-10-18)21-16-5-3-2-4-6-16/h2-13,21H,1H3,(H,22,26). The minimum Gasteiger partial charge on any atom is -0.356 e. The molecule has 0 aliphatic heterocycles. The zero-order valence-electron chi connectivity index (χ0n) is 14.2. The maximum Gasteiger partial charge on any atom is 0.255 e. The van der Waals surface area contributed by atoms with Gasteiger partial charge in [0.15, 0.2) is 5.65 Å². The predicted molar refractivity (Wildman–Crippen MR) is 102 cm³/mol. The van der Waals surface area contributed by atoms with E-state index >= 15 is 0 Å². The number of rotatable bonds is 4. The summed E-state index contributed by atoms with van der Waals surface area (Å²) in [4.78, 5) is 12.5.